The Morgan fingerprint density at radius 1 is 1.47 bits per heavy atom. The smallest absolute Gasteiger partial charge is 0.0465 e. The predicted molar refractivity (Wildman–Crippen MR) is 67.6 cm³/mol. The minimum absolute atomic E-state index is 0.411. The molecule has 1 unspecified atom stereocenters. The molecule has 1 atom stereocenters. The van der Waals surface area contributed by atoms with Crippen LogP contribution in [0.25, 0.3) is 0 Å². The number of rotatable bonds is 5. The predicted octanol–water partition coefficient (Wildman–Crippen LogP) is 4.05. The second kappa shape index (κ2) is 6.16. The lowest BCUT2D eigenvalue weighted by Gasteiger charge is -2.12. The Hall–Kier alpha value is -0.500. The van der Waals surface area contributed by atoms with Crippen molar-refractivity contribution >= 4 is 23.2 Å². The maximum absolute atomic E-state index is 6.05. The van der Waals surface area contributed by atoms with Gasteiger partial charge in [0.15, 0.2) is 0 Å². The van der Waals surface area contributed by atoms with Crippen molar-refractivity contribution in [1.82, 2.24) is 5.32 Å². The van der Waals surface area contributed by atoms with Crippen LogP contribution in [0, 0.1) is 0 Å². The summed E-state index contributed by atoms with van der Waals surface area (Å²) in [6.45, 7) is 6.57. The molecule has 1 aromatic carbocycles. The normalized spacial score (nSPS) is 12.5. The molecule has 0 fully saturated rings. The van der Waals surface area contributed by atoms with E-state index in [1.54, 1.807) is 6.07 Å². The highest BCUT2D eigenvalue weighted by molar-refractivity contribution is 6.35. The van der Waals surface area contributed by atoms with Gasteiger partial charge in [-0.05, 0) is 31.0 Å². The molecule has 0 aromatic heterocycles. The first-order valence-electron chi connectivity index (χ1n) is 4.91. The van der Waals surface area contributed by atoms with Crippen molar-refractivity contribution in [1.29, 1.82) is 0 Å². The molecule has 0 aliphatic heterocycles. The zero-order valence-electron chi connectivity index (χ0n) is 8.76. The molecule has 0 saturated carbocycles. The lowest BCUT2D eigenvalue weighted by Crippen LogP contribution is -2.24. The largest absolute Gasteiger partial charge is 0.310 e. The number of hydrogen-bond donors (Lipinski definition) is 1. The van der Waals surface area contributed by atoms with Crippen LogP contribution in [0.2, 0.25) is 10.0 Å². The van der Waals surface area contributed by atoms with E-state index in [-0.39, 0.29) is 0 Å². The average molecular weight is 244 g/mol. The van der Waals surface area contributed by atoms with Gasteiger partial charge in [-0.3, -0.25) is 0 Å². The zero-order valence-corrected chi connectivity index (χ0v) is 10.3. The van der Waals surface area contributed by atoms with Gasteiger partial charge in [0.05, 0.1) is 0 Å². The van der Waals surface area contributed by atoms with Crippen molar-refractivity contribution < 1.29 is 0 Å². The van der Waals surface area contributed by atoms with Crippen LogP contribution in [0.5, 0.6) is 0 Å². The van der Waals surface area contributed by atoms with Gasteiger partial charge in [0.25, 0.3) is 0 Å². The van der Waals surface area contributed by atoms with E-state index in [2.05, 4.69) is 18.8 Å². The molecule has 1 aromatic rings. The van der Waals surface area contributed by atoms with Gasteiger partial charge < -0.3 is 5.32 Å². The van der Waals surface area contributed by atoms with Gasteiger partial charge >= 0.3 is 0 Å². The van der Waals surface area contributed by atoms with Crippen LogP contribution >= 0.6 is 23.2 Å². The third-order valence-corrected chi connectivity index (χ3v) is 2.76. The molecule has 0 spiro atoms. The van der Waals surface area contributed by atoms with E-state index in [9.17, 15) is 0 Å². The first kappa shape index (κ1) is 12.6. The van der Waals surface area contributed by atoms with Crippen molar-refractivity contribution in [3.63, 3.8) is 0 Å². The Morgan fingerprint density at radius 3 is 2.80 bits per heavy atom. The van der Waals surface area contributed by atoms with Gasteiger partial charge in [-0.1, -0.05) is 35.3 Å². The Bertz CT molecular complexity index is 336. The third kappa shape index (κ3) is 4.25. The number of nitrogens with one attached hydrogen (secondary N) is 1. The van der Waals surface area contributed by atoms with Crippen molar-refractivity contribution in [3.8, 4) is 0 Å². The molecule has 0 bridgehead atoms. The van der Waals surface area contributed by atoms with E-state index < -0.39 is 0 Å². The summed E-state index contributed by atoms with van der Waals surface area (Å²) >= 11 is 11.9. The highest BCUT2D eigenvalue weighted by atomic mass is 35.5. The standard InChI is InChI=1S/C12H15Cl2N/c1-3-4-9(2)15-8-10-5-6-11(13)7-12(10)14/h3,5-7,9,15H,1,4,8H2,2H3. The minimum Gasteiger partial charge on any atom is -0.310 e. The molecule has 3 heteroatoms. The highest BCUT2D eigenvalue weighted by Crippen LogP contribution is 2.20. The Morgan fingerprint density at radius 2 is 2.20 bits per heavy atom. The fourth-order valence-corrected chi connectivity index (χ4v) is 1.76. The SMILES string of the molecule is C=CCC(C)NCc1ccc(Cl)cc1Cl. The molecular weight excluding hydrogens is 229 g/mol. The number of halogens is 2. The van der Waals surface area contributed by atoms with Crippen molar-refractivity contribution in [2.75, 3.05) is 0 Å². The molecule has 0 aliphatic rings. The molecule has 0 aliphatic carbocycles. The highest BCUT2D eigenvalue weighted by Gasteiger charge is 2.03. The van der Waals surface area contributed by atoms with E-state index in [0.29, 0.717) is 16.1 Å². The summed E-state index contributed by atoms with van der Waals surface area (Å²) in [6.07, 6.45) is 2.85. The van der Waals surface area contributed by atoms with Crippen LogP contribution in [0.1, 0.15) is 18.9 Å². The van der Waals surface area contributed by atoms with Gasteiger partial charge in [-0.15, -0.1) is 6.58 Å². The molecule has 15 heavy (non-hydrogen) atoms. The van der Waals surface area contributed by atoms with E-state index in [1.165, 1.54) is 0 Å². The number of benzene rings is 1. The van der Waals surface area contributed by atoms with Crippen LogP contribution in [-0.4, -0.2) is 6.04 Å². The Kier molecular flexibility index (Phi) is 5.16. The van der Waals surface area contributed by atoms with E-state index in [4.69, 9.17) is 23.2 Å². The summed E-state index contributed by atoms with van der Waals surface area (Å²) in [6, 6.07) is 5.97. The van der Waals surface area contributed by atoms with E-state index >= 15 is 0 Å². The fraction of sp³-hybridized carbons (Fsp3) is 0.333. The molecule has 0 heterocycles. The Balaban J connectivity index is 2.54. The third-order valence-electron chi connectivity index (χ3n) is 2.18. The maximum atomic E-state index is 6.05. The molecular formula is C12H15Cl2N. The van der Waals surface area contributed by atoms with Gasteiger partial charge in [-0.2, -0.15) is 0 Å². The minimum atomic E-state index is 0.411. The summed E-state index contributed by atoms with van der Waals surface area (Å²) in [5.41, 5.74) is 1.07. The van der Waals surface area contributed by atoms with Crippen molar-refractivity contribution in [2.45, 2.75) is 25.9 Å². The first-order valence-corrected chi connectivity index (χ1v) is 5.67. The number of hydrogen-bond acceptors (Lipinski definition) is 1. The van der Waals surface area contributed by atoms with E-state index in [1.807, 2.05) is 18.2 Å². The van der Waals surface area contributed by atoms with Gasteiger partial charge in [-0.25, -0.2) is 0 Å². The van der Waals surface area contributed by atoms with Crippen molar-refractivity contribution in [3.05, 3.63) is 46.5 Å². The van der Waals surface area contributed by atoms with E-state index in [0.717, 1.165) is 18.5 Å². The van der Waals surface area contributed by atoms with Crippen LogP contribution in [0.4, 0.5) is 0 Å². The lowest BCUT2D eigenvalue weighted by molar-refractivity contribution is 0.554. The quantitative estimate of drug-likeness (QED) is 0.770. The summed E-state index contributed by atoms with van der Waals surface area (Å²) < 4.78 is 0. The van der Waals surface area contributed by atoms with Crippen LogP contribution in [0.15, 0.2) is 30.9 Å². The molecule has 0 radical (unpaired) electrons. The fourth-order valence-electron chi connectivity index (χ4n) is 1.28. The molecule has 0 amide bonds. The monoisotopic (exact) mass is 243 g/mol. The first-order chi connectivity index (χ1) is 7.13. The van der Waals surface area contributed by atoms with Crippen LogP contribution in [-0.2, 0) is 6.54 Å². The summed E-state index contributed by atoms with van der Waals surface area (Å²) in [5, 5.41) is 4.74. The second-order valence-corrected chi connectivity index (χ2v) is 4.39. The van der Waals surface area contributed by atoms with Crippen LogP contribution in [0.3, 0.4) is 0 Å². The average Bonchev–Trinajstić information content (AvgIpc) is 2.17. The second-order valence-electron chi connectivity index (χ2n) is 3.54. The zero-order chi connectivity index (χ0) is 11.3. The van der Waals surface area contributed by atoms with Crippen molar-refractivity contribution in [2.24, 2.45) is 0 Å². The lowest BCUT2D eigenvalue weighted by atomic mass is 10.2. The topological polar surface area (TPSA) is 12.0 Å². The molecule has 82 valence electrons. The molecule has 0 saturated heterocycles. The summed E-state index contributed by atoms with van der Waals surface area (Å²) in [5.74, 6) is 0. The van der Waals surface area contributed by atoms with Gasteiger partial charge in [0, 0.05) is 22.6 Å². The molecule has 1 nitrogen and oxygen atoms in total. The summed E-state index contributed by atoms with van der Waals surface area (Å²) in [7, 11) is 0. The molecule has 1 rings (SSSR count). The van der Waals surface area contributed by atoms with Crippen LogP contribution < -0.4 is 5.32 Å². The molecule has 1 N–H and O–H groups in total. The van der Waals surface area contributed by atoms with Gasteiger partial charge in [0.1, 0.15) is 0 Å². The summed E-state index contributed by atoms with van der Waals surface area (Å²) in [4.78, 5) is 0. The Labute approximate surface area is 101 Å². The maximum Gasteiger partial charge on any atom is 0.0465 e. The van der Waals surface area contributed by atoms with Gasteiger partial charge in [0.2, 0.25) is 0 Å².